The van der Waals surface area contributed by atoms with Crippen LogP contribution in [-0.2, 0) is 9.53 Å². The van der Waals surface area contributed by atoms with Crippen LogP contribution in [0.5, 0.6) is 0 Å². The number of methoxy groups -OCH3 is 1. The average molecular weight is 262 g/mol. The van der Waals surface area contributed by atoms with Gasteiger partial charge in [0.25, 0.3) is 0 Å². The molecule has 0 radical (unpaired) electrons. The lowest BCUT2D eigenvalue weighted by molar-refractivity contribution is -0.117. The van der Waals surface area contributed by atoms with Crippen molar-refractivity contribution in [2.75, 3.05) is 37.5 Å². The molecule has 1 saturated heterocycles. The fraction of sp³-hybridized carbons (Fsp3) is 0.429. The Kier molecular flexibility index (Phi) is 3.74. The molecule has 5 nitrogen and oxygen atoms in total. The highest BCUT2D eigenvalue weighted by molar-refractivity contribution is 6.07. The van der Waals surface area contributed by atoms with E-state index in [-0.39, 0.29) is 5.91 Å². The average Bonchev–Trinajstić information content (AvgIpc) is 2.82. The minimum absolute atomic E-state index is 0.0550. The van der Waals surface area contributed by atoms with E-state index in [0.717, 1.165) is 12.1 Å². The van der Waals surface area contributed by atoms with Gasteiger partial charge in [-0.05, 0) is 18.6 Å². The number of carbonyl (C=O) groups is 2. The van der Waals surface area contributed by atoms with Gasteiger partial charge < -0.3 is 14.5 Å². The first-order chi connectivity index (χ1) is 9.06. The Morgan fingerprint density at radius 2 is 2.11 bits per heavy atom. The fourth-order valence-corrected chi connectivity index (χ4v) is 2.34. The van der Waals surface area contributed by atoms with Crippen LogP contribution in [0, 0.1) is 0 Å². The number of ether oxygens (including phenoxy) is 1. The van der Waals surface area contributed by atoms with Gasteiger partial charge in [0, 0.05) is 27.1 Å². The maximum atomic E-state index is 12.0. The zero-order valence-corrected chi connectivity index (χ0v) is 11.5. The van der Waals surface area contributed by atoms with E-state index in [0.29, 0.717) is 24.2 Å². The number of carbonyl (C=O) groups excluding carboxylic acids is 2. The number of para-hydroxylation sites is 1. The van der Waals surface area contributed by atoms with Gasteiger partial charge in [0.1, 0.15) is 0 Å². The molecule has 1 aliphatic rings. The SMILES string of the molecule is COC(=O)c1cccc(N(C)C)c1N1CCCC1=O. The van der Waals surface area contributed by atoms with E-state index in [1.807, 2.05) is 25.1 Å². The highest BCUT2D eigenvalue weighted by atomic mass is 16.5. The molecule has 0 N–H and O–H groups in total. The van der Waals surface area contributed by atoms with E-state index in [2.05, 4.69) is 0 Å². The number of anilines is 2. The summed E-state index contributed by atoms with van der Waals surface area (Å²) in [6.07, 6.45) is 1.35. The second-order valence-corrected chi connectivity index (χ2v) is 4.71. The van der Waals surface area contributed by atoms with Crippen LogP contribution in [0.25, 0.3) is 0 Å². The minimum Gasteiger partial charge on any atom is -0.465 e. The first kappa shape index (κ1) is 13.4. The molecule has 0 bridgehead atoms. The van der Waals surface area contributed by atoms with Crippen LogP contribution in [0.4, 0.5) is 11.4 Å². The van der Waals surface area contributed by atoms with E-state index in [1.54, 1.807) is 17.0 Å². The van der Waals surface area contributed by atoms with Crippen molar-refractivity contribution in [1.29, 1.82) is 0 Å². The Labute approximate surface area is 112 Å². The highest BCUT2D eigenvalue weighted by Crippen LogP contribution is 2.35. The number of nitrogens with zero attached hydrogens (tertiary/aromatic N) is 2. The minimum atomic E-state index is -0.418. The summed E-state index contributed by atoms with van der Waals surface area (Å²) in [6.45, 7) is 0.647. The van der Waals surface area contributed by atoms with Crippen LogP contribution < -0.4 is 9.80 Å². The number of esters is 1. The van der Waals surface area contributed by atoms with E-state index in [4.69, 9.17) is 4.74 Å². The summed E-state index contributed by atoms with van der Waals surface area (Å²) in [7, 11) is 5.13. The number of rotatable bonds is 3. The molecule has 1 aliphatic heterocycles. The predicted molar refractivity (Wildman–Crippen MR) is 73.7 cm³/mol. The molecule has 1 aromatic carbocycles. The Morgan fingerprint density at radius 3 is 2.63 bits per heavy atom. The molecule has 1 fully saturated rings. The zero-order valence-electron chi connectivity index (χ0n) is 11.5. The van der Waals surface area contributed by atoms with Gasteiger partial charge >= 0.3 is 5.97 Å². The van der Waals surface area contributed by atoms with Crippen LogP contribution in [0.15, 0.2) is 18.2 Å². The number of benzene rings is 1. The van der Waals surface area contributed by atoms with E-state index in [9.17, 15) is 9.59 Å². The van der Waals surface area contributed by atoms with Gasteiger partial charge in [-0.2, -0.15) is 0 Å². The molecule has 1 aromatic rings. The summed E-state index contributed by atoms with van der Waals surface area (Å²) in [6, 6.07) is 5.39. The van der Waals surface area contributed by atoms with Crippen molar-refractivity contribution in [2.24, 2.45) is 0 Å². The van der Waals surface area contributed by atoms with Crippen LogP contribution in [0.1, 0.15) is 23.2 Å². The van der Waals surface area contributed by atoms with Crippen molar-refractivity contribution in [2.45, 2.75) is 12.8 Å². The lowest BCUT2D eigenvalue weighted by Gasteiger charge is -2.25. The van der Waals surface area contributed by atoms with Crippen molar-refractivity contribution in [3.63, 3.8) is 0 Å². The maximum Gasteiger partial charge on any atom is 0.340 e. The topological polar surface area (TPSA) is 49.9 Å². The maximum absolute atomic E-state index is 12.0. The summed E-state index contributed by atoms with van der Waals surface area (Å²) in [4.78, 5) is 27.4. The largest absolute Gasteiger partial charge is 0.465 e. The van der Waals surface area contributed by atoms with Gasteiger partial charge in [-0.1, -0.05) is 6.07 Å². The number of hydrogen-bond acceptors (Lipinski definition) is 4. The van der Waals surface area contributed by atoms with Gasteiger partial charge in [-0.25, -0.2) is 4.79 Å². The molecule has 19 heavy (non-hydrogen) atoms. The first-order valence-corrected chi connectivity index (χ1v) is 6.25. The molecule has 102 valence electrons. The number of hydrogen-bond donors (Lipinski definition) is 0. The zero-order chi connectivity index (χ0) is 14.0. The van der Waals surface area contributed by atoms with Gasteiger partial charge in [0.05, 0.1) is 24.0 Å². The molecule has 0 aromatic heterocycles. The molecule has 5 heteroatoms. The second-order valence-electron chi connectivity index (χ2n) is 4.71. The number of amides is 1. The molecule has 2 rings (SSSR count). The molecule has 1 amide bonds. The van der Waals surface area contributed by atoms with Crippen molar-refractivity contribution in [1.82, 2.24) is 0 Å². The summed E-state index contributed by atoms with van der Waals surface area (Å²) >= 11 is 0. The Balaban J connectivity index is 2.58. The third kappa shape index (κ3) is 2.41. The molecular weight excluding hydrogens is 244 g/mol. The molecule has 0 spiro atoms. The lowest BCUT2D eigenvalue weighted by Crippen LogP contribution is -2.28. The lowest BCUT2D eigenvalue weighted by atomic mass is 10.1. The van der Waals surface area contributed by atoms with E-state index in [1.165, 1.54) is 7.11 Å². The van der Waals surface area contributed by atoms with E-state index < -0.39 is 5.97 Å². The fourth-order valence-electron chi connectivity index (χ4n) is 2.34. The Bertz CT molecular complexity index is 511. The monoisotopic (exact) mass is 262 g/mol. The Morgan fingerprint density at radius 1 is 1.37 bits per heavy atom. The predicted octanol–water partition coefficient (Wildman–Crippen LogP) is 1.67. The summed E-state index contributed by atoms with van der Waals surface area (Å²) in [5.74, 6) is -0.363. The Hall–Kier alpha value is -2.04. The summed E-state index contributed by atoms with van der Waals surface area (Å²) < 4.78 is 4.81. The normalized spacial score (nSPS) is 14.7. The van der Waals surface area contributed by atoms with Crippen LogP contribution >= 0.6 is 0 Å². The van der Waals surface area contributed by atoms with Crippen molar-refractivity contribution < 1.29 is 14.3 Å². The van der Waals surface area contributed by atoms with Crippen LogP contribution in [0.3, 0.4) is 0 Å². The van der Waals surface area contributed by atoms with Gasteiger partial charge in [0.2, 0.25) is 5.91 Å². The van der Waals surface area contributed by atoms with Gasteiger partial charge in [-0.3, -0.25) is 4.79 Å². The standard InChI is InChI=1S/C14H18N2O3/c1-15(2)11-7-4-6-10(14(18)19-3)13(11)16-9-5-8-12(16)17/h4,6-7H,5,8-9H2,1-3H3. The smallest absolute Gasteiger partial charge is 0.340 e. The van der Waals surface area contributed by atoms with Gasteiger partial charge in [-0.15, -0.1) is 0 Å². The third-order valence-corrected chi connectivity index (χ3v) is 3.25. The summed E-state index contributed by atoms with van der Waals surface area (Å²) in [5, 5.41) is 0. The third-order valence-electron chi connectivity index (χ3n) is 3.25. The van der Waals surface area contributed by atoms with Crippen LogP contribution in [0.2, 0.25) is 0 Å². The van der Waals surface area contributed by atoms with E-state index >= 15 is 0 Å². The first-order valence-electron chi connectivity index (χ1n) is 6.25. The quantitative estimate of drug-likeness (QED) is 0.777. The molecule has 0 atom stereocenters. The summed E-state index contributed by atoms with van der Waals surface area (Å²) in [5.41, 5.74) is 1.93. The molecule has 0 aliphatic carbocycles. The molecular formula is C14H18N2O3. The van der Waals surface area contributed by atoms with Gasteiger partial charge in [0.15, 0.2) is 0 Å². The highest BCUT2D eigenvalue weighted by Gasteiger charge is 2.29. The van der Waals surface area contributed by atoms with Crippen molar-refractivity contribution >= 4 is 23.3 Å². The second kappa shape index (κ2) is 5.30. The van der Waals surface area contributed by atoms with Crippen LogP contribution in [-0.4, -0.2) is 39.6 Å². The molecule has 0 saturated carbocycles. The van der Waals surface area contributed by atoms with Crippen molar-refractivity contribution in [3.8, 4) is 0 Å². The molecule has 1 heterocycles. The van der Waals surface area contributed by atoms with Crippen molar-refractivity contribution in [3.05, 3.63) is 23.8 Å². The molecule has 0 unspecified atom stereocenters.